The van der Waals surface area contributed by atoms with Crippen molar-refractivity contribution in [3.63, 3.8) is 0 Å². The normalized spacial score (nSPS) is 13.4. The molecule has 1 aromatic carbocycles. The third-order valence-corrected chi connectivity index (χ3v) is 3.43. The largest absolute Gasteiger partial charge is 0.385 e. The molecule has 90 valence electrons. The molecule has 16 heavy (non-hydrogen) atoms. The van der Waals surface area contributed by atoms with E-state index in [1.54, 1.807) is 12.1 Å². The van der Waals surface area contributed by atoms with E-state index in [2.05, 4.69) is 19.2 Å². The fourth-order valence-electron chi connectivity index (χ4n) is 1.22. The van der Waals surface area contributed by atoms with Crippen molar-refractivity contribution in [3.8, 4) is 0 Å². The summed E-state index contributed by atoms with van der Waals surface area (Å²) in [6, 6.07) is 6.55. The van der Waals surface area contributed by atoms with Crippen LogP contribution < -0.4 is 10.5 Å². The zero-order chi connectivity index (χ0) is 12.2. The fraction of sp³-hybridized carbons (Fsp3) is 0.455. The summed E-state index contributed by atoms with van der Waals surface area (Å²) in [6.45, 7) is 5.08. The molecule has 3 N–H and O–H groups in total. The summed E-state index contributed by atoms with van der Waals surface area (Å²) in [4.78, 5) is 0.140. The average molecular weight is 242 g/mol. The third-order valence-electron chi connectivity index (χ3n) is 2.51. The predicted molar refractivity (Wildman–Crippen MR) is 65.8 cm³/mol. The number of nitrogens with two attached hydrogens (primary N) is 1. The summed E-state index contributed by atoms with van der Waals surface area (Å²) >= 11 is 0. The Morgan fingerprint density at radius 1 is 1.44 bits per heavy atom. The zero-order valence-electron chi connectivity index (χ0n) is 9.60. The topological polar surface area (TPSA) is 72.2 Å². The first-order valence-electron chi connectivity index (χ1n) is 5.30. The number of hydrogen-bond acceptors (Lipinski definition) is 3. The molecule has 0 saturated carbocycles. The van der Waals surface area contributed by atoms with Crippen molar-refractivity contribution in [3.05, 3.63) is 24.3 Å². The number of benzene rings is 1. The van der Waals surface area contributed by atoms with Gasteiger partial charge in [-0.25, -0.2) is 13.6 Å². The zero-order valence-corrected chi connectivity index (χ0v) is 10.4. The van der Waals surface area contributed by atoms with Gasteiger partial charge in [-0.15, -0.1) is 0 Å². The molecule has 0 aromatic heterocycles. The van der Waals surface area contributed by atoms with Gasteiger partial charge < -0.3 is 5.32 Å². The summed E-state index contributed by atoms with van der Waals surface area (Å²) in [5.41, 5.74) is 0.784. The van der Waals surface area contributed by atoms with Crippen molar-refractivity contribution in [2.24, 2.45) is 11.1 Å². The summed E-state index contributed by atoms with van der Waals surface area (Å²) in [5.74, 6) is 0.554. The van der Waals surface area contributed by atoms with E-state index in [0.717, 1.165) is 18.7 Å². The van der Waals surface area contributed by atoms with Crippen LogP contribution in [0.5, 0.6) is 0 Å². The molecule has 0 saturated heterocycles. The molecule has 1 atom stereocenters. The lowest BCUT2D eigenvalue weighted by Crippen LogP contribution is -2.13. The van der Waals surface area contributed by atoms with E-state index < -0.39 is 10.0 Å². The quantitative estimate of drug-likeness (QED) is 0.827. The molecule has 0 amide bonds. The molecular weight excluding hydrogens is 224 g/mol. The van der Waals surface area contributed by atoms with Gasteiger partial charge in [0.1, 0.15) is 0 Å². The summed E-state index contributed by atoms with van der Waals surface area (Å²) in [7, 11) is -3.61. The van der Waals surface area contributed by atoms with Gasteiger partial charge in [-0.1, -0.05) is 26.3 Å². The lowest BCUT2D eigenvalue weighted by molar-refractivity contribution is 0.593. The number of rotatable bonds is 5. The van der Waals surface area contributed by atoms with Crippen molar-refractivity contribution >= 4 is 15.7 Å². The van der Waals surface area contributed by atoms with E-state index in [1.165, 1.54) is 6.07 Å². The maximum absolute atomic E-state index is 11.1. The molecule has 1 unspecified atom stereocenters. The van der Waals surface area contributed by atoms with E-state index in [9.17, 15) is 8.42 Å². The second-order valence-electron chi connectivity index (χ2n) is 3.97. The molecule has 0 aliphatic heterocycles. The van der Waals surface area contributed by atoms with Crippen LogP contribution in [-0.2, 0) is 10.0 Å². The highest BCUT2D eigenvalue weighted by molar-refractivity contribution is 7.89. The predicted octanol–water partition coefficient (Wildman–Crippen LogP) is 1.79. The Balaban J connectivity index is 2.76. The Kier molecular flexibility index (Phi) is 4.32. The smallest absolute Gasteiger partial charge is 0.238 e. The first-order chi connectivity index (χ1) is 7.43. The van der Waals surface area contributed by atoms with Crippen LogP contribution in [0.15, 0.2) is 29.2 Å². The van der Waals surface area contributed by atoms with Crippen LogP contribution in [0.2, 0.25) is 0 Å². The monoisotopic (exact) mass is 242 g/mol. The van der Waals surface area contributed by atoms with Crippen molar-refractivity contribution < 1.29 is 8.42 Å². The first kappa shape index (κ1) is 13.0. The van der Waals surface area contributed by atoms with E-state index in [4.69, 9.17) is 5.14 Å². The maximum atomic E-state index is 11.1. The van der Waals surface area contributed by atoms with Gasteiger partial charge in [-0.3, -0.25) is 0 Å². The number of nitrogens with one attached hydrogen (secondary N) is 1. The fourth-order valence-corrected chi connectivity index (χ4v) is 1.78. The van der Waals surface area contributed by atoms with Crippen LogP contribution >= 0.6 is 0 Å². The SMILES string of the molecule is CCC(C)CNc1cccc(S(N)(=O)=O)c1. The molecule has 4 nitrogen and oxygen atoms in total. The Morgan fingerprint density at radius 3 is 2.69 bits per heavy atom. The van der Waals surface area contributed by atoms with Crippen molar-refractivity contribution in [1.82, 2.24) is 0 Å². The number of anilines is 1. The summed E-state index contributed by atoms with van der Waals surface area (Å²) in [6.07, 6.45) is 1.09. The highest BCUT2D eigenvalue weighted by atomic mass is 32.2. The van der Waals surface area contributed by atoms with E-state index >= 15 is 0 Å². The maximum Gasteiger partial charge on any atom is 0.238 e. The molecule has 0 bridgehead atoms. The molecule has 1 aromatic rings. The number of sulfonamides is 1. The Morgan fingerprint density at radius 2 is 2.12 bits per heavy atom. The number of primary sulfonamides is 1. The molecule has 5 heteroatoms. The minimum absolute atomic E-state index is 0.140. The van der Waals surface area contributed by atoms with Gasteiger partial charge >= 0.3 is 0 Å². The minimum atomic E-state index is -3.61. The summed E-state index contributed by atoms with van der Waals surface area (Å²) < 4.78 is 22.3. The van der Waals surface area contributed by atoms with Gasteiger partial charge in [0.05, 0.1) is 4.90 Å². The standard InChI is InChI=1S/C11H18N2O2S/c1-3-9(2)8-13-10-5-4-6-11(7-10)16(12,14)15/h4-7,9,13H,3,8H2,1-2H3,(H2,12,14,15). The molecule has 0 aliphatic carbocycles. The van der Waals surface area contributed by atoms with Crippen LogP contribution in [0.4, 0.5) is 5.69 Å². The van der Waals surface area contributed by atoms with Crippen molar-refractivity contribution in [2.75, 3.05) is 11.9 Å². The Bertz CT molecular complexity index is 443. The van der Waals surface area contributed by atoms with Crippen LogP contribution in [-0.4, -0.2) is 15.0 Å². The van der Waals surface area contributed by atoms with Crippen molar-refractivity contribution in [1.29, 1.82) is 0 Å². The second-order valence-corrected chi connectivity index (χ2v) is 5.53. The first-order valence-corrected chi connectivity index (χ1v) is 6.85. The lowest BCUT2D eigenvalue weighted by atomic mass is 10.1. The van der Waals surface area contributed by atoms with Gasteiger partial charge in [0, 0.05) is 12.2 Å². The Hall–Kier alpha value is -1.07. The summed E-state index contributed by atoms with van der Waals surface area (Å²) in [5, 5.41) is 8.24. The molecule has 1 rings (SSSR count). The Labute approximate surface area is 96.9 Å². The minimum Gasteiger partial charge on any atom is -0.385 e. The van der Waals surface area contributed by atoms with Crippen molar-refractivity contribution in [2.45, 2.75) is 25.2 Å². The molecule has 0 spiro atoms. The van der Waals surface area contributed by atoms with Crippen LogP contribution in [0, 0.1) is 5.92 Å². The molecule has 0 radical (unpaired) electrons. The van der Waals surface area contributed by atoms with E-state index in [0.29, 0.717) is 5.92 Å². The average Bonchev–Trinajstić information content (AvgIpc) is 2.25. The number of hydrogen-bond donors (Lipinski definition) is 2. The van der Waals surface area contributed by atoms with E-state index in [-0.39, 0.29) is 4.90 Å². The van der Waals surface area contributed by atoms with Gasteiger partial charge in [0.15, 0.2) is 0 Å². The highest BCUT2D eigenvalue weighted by Crippen LogP contribution is 2.14. The molecule has 0 fully saturated rings. The lowest BCUT2D eigenvalue weighted by Gasteiger charge is -2.11. The van der Waals surface area contributed by atoms with E-state index in [1.807, 2.05) is 6.07 Å². The van der Waals surface area contributed by atoms with Gasteiger partial charge in [0.2, 0.25) is 10.0 Å². The molecule has 0 aliphatic rings. The molecule has 0 heterocycles. The van der Waals surface area contributed by atoms with Gasteiger partial charge in [-0.2, -0.15) is 0 Å². The second kappa shape index (κ2) is 5.32. The van der Waals surface area contributed by atoms with Crippen LogP contribution in [0.3, 0.4) is 0 Å². The van der Waals surface area contributed by atoms with Crippen LogP contribution in [0.25, 0.3) is 0 Å². The highest BCUT2D eigenvalue weighted by Gasteiger charge is 2.07. The molecular formula is C11H18N2O2S. The van der Waals surface area contributed by atoms with Gasteiger partial charge in [-0.05, 0) is 24.1 Å². The third kappa shape index (κ3) is 3.83. The van der Waals surface area contributed by atoms with Crippen LogP contribution in [0.1, 0.15) is 20.3 Å². The van der Waals surface area contributed by atoms with Gasteiger partial charge in [0.25, 0.3) is 0 Å².